The topological polar surface area (TPSA) is 125 Å². The van der Waals surface area contributed by atoms with Crippen molar-refractivity contribution in [2.45, 2.75) is 18.9 Å². The van der Waals surface area contributed by atoms with Gasteiger partial charge in [-0.3, -0.25) is 10.1 Å². The normalized spacial score (nSPS) is 12.9. The average molecular weight is 539 g/mol. The van der Waals surface area contributed by atoms with Crippen LogP contribution in [0.2, 0.25) is 0 Å². The van der Waals surface area contributed by atoms with Gasteiger partial charge in [0.05, 0.1) is 12.1 Å². The number of hydrogen-bond donors (Lipinski definition) is 4. The van der Waals surface area contributed by atoms with Crippen molar-refractivity contribution in [3.05, 3.63) is 87.4 Å². The van der Waals surface area contributed by atoms with Crippen LogP contribution in [0.15, 0.2) is 65.1 Å². The number of halogens is 1. The summed E-state index contributed by atoms with van der Waals surface area (Å²) in [5.41, 5.74) is 5.69. The highest BCUT2D eigenvalue weighted by Gasteiger charge is 2.29. The van der Waals surface area contributed by atoms with Crippen LogP contribution in [0.1, 0.15) is 33.0 Å². The van der Waals surface area contributed by atoms with Gasteiger partial charge in [0.2, 0.25) is 0 Å². The van der Waals surface area contributed by atoms with Crippen molar-refractivity contribution in [1.29, 1.82) is 0 Å². The summed E-state index contributed by atoms with van der Waals surface area (Å²) < 4.78 is 6.03. The lowest BCUT2D eigenvalue weighted by Crippen LogP contribution is -2.36. The van der Waals surface area contributed by atoms with Crippen LogP contribution in [0.25, 0.3) is 11.1 Å². The van der Waals surface area contributed by atoms with Crippen molar-refractivity contribution in [2.75, 3.05) is 18.5 Å². The third-order valence-electron chi connectivity index (χ3n) is 5.88. The summed E-state index contributed by atoms with van der Waals surface area (Å²) in [7, 11) is 0. The summed E-state index contributed by atoms with van der Waals surface area (Å²) in [5, 5.41) is 23.2. The number of aliphatic hydroxyl groups is 1. The maximum atomic E-state index is 12.7. The summed E-state index contributed by atoms with van der Waals surface area (Å²) in [6.07, 6.45) is -2.38. The molecule has 35 heavy (non-hydrogen) atoms. The number of aliphatic carboxylic acids is 1. The van der Waals surface area contributed by atoms with Crippen molar-refractivity contribution < 1.29 is 29.3 Å². The van der Waals surface area contributed by atoms with Crippen LogP contribution >= 0.6 is 15.9 Å². The Morgan fingerprint density at radius 3 is 2.23 bits per heavy atom. The lowest BCUT2D eigenvalue weighted by molar-refractivity contribution is -0.146. The molecule has 0 heterocycles. The third-order valence-corrected chi connectivity index (χ3v) is 6.54. The number of ether oxygens (including phenoxy) is 1. The number of carbonyl (C=O) groups excluding carboxylic acids is 2. The zero-order valence-electron chi connectivity index (χ0n) is 18.7. The van der Waals surface area contributed by atoms with Crippen molar-refractivity contribution in [3.8, 4) is 11.1 Å². The Morgan fingerprint density at radius 2 is 1.63 bits per heavy atom. The van der Waals surface area contributed by atoms with Gasteiger partial charge < -0.3 is 20.3 Å². The molecule has 0 bridgehead atoms. The summed E-state index contributed by atoms with van der Waals surface area (Å²) in [6, 6.07) is 19.2. The lowest BCUT2D eigenvalue weighted by Gasteiger charge is -2.16. The summed E-state index contributed by atoms with van der Waals surface area (Å²) >= 11 is 3.31. The SMILES string of the molecule is Cc1cc(Br)c(C(=O)NCC(O)C(=O)O)cc1NC(=O)OCC1c2ccccc2-c2ccccc21. The third kappa shape index (κ3) is 5.21. The van der Waals surface area contributed by atoms with Gasteiger partial charge in [0.1, 0.15) is 6.61 Å². The molecule has 0 radical (unpaired) electrons. The standard InChI is InChI=1S/C26H23BrN2O6/c1-14-10-21(27)19(24(31)28-12-23(30)25(32)33)11-22(14)29-26(34)35-13-20-17-8-4-2-6-15(17)16-7-3-5-9-18(16)20/h2-11,20,23,30H,12-13H2,1H3,(H,28,31)(H,29,34)(H,32,33). The first-order chi connectivity index (χ1) is 16.8. The summed E-state index contributed by atoms with van der Waals surface area (Å²) in [5.74, 6) is -2.13. The van der Waals surface area contributed by atoms with E-state index in [-0.39, 0.29) is 18.1 Å². The molecule has 180 valence electrons. The molecule has 0 aromatic heterocycles. The minimum absolute atomic E-state index is 0.0823. The fourth-order valence-corrected chi connectivity index (χ4v) is 4.74. The van der Waals surface area contributed by atoms with E-state index >= 15 is 0 Å². The molecule has 4 N–H and O–H groups in total. The maximum absolute atomic E-state index is 12.7. The van der Waals surface area contributed by atoms with E-state index in [0.717, 1.165) is 22.3 Å². The predicted molar refractivity (Wildman–Crippen MR) is 134 cm³/mol. The van der Waals surface area contributed by atoms with Gasteiger partial charge in [-0.2, -0.15) is 0 Å². The zero-order valence-corrected chi connectivity index (χ0v) is 20.3. The van der Waals surface area contributed by atoms with Gasteiger partial charge in [-0.05, 0) is 62.8 Å². The number of anilines is 1. The zero-order chi connectivity index (χ0) is 25.1. The van der Waals surface area contributed by atoms with Crippen molar-refractivity contribution in [2.24, 2.45) is 0 Å². The van der Waals surface area contributed by atoms with E-state index < -0.39 is 30.6 Å². The molecule has 0 fully saturated rings. The van der Waals surface area contributed by atoms with Gasteiger partial charge in [-0.15, -0.1) is 0 Å². The van der Waals surface area contributed by atoms with E-state index in [0.29, 0.717) is 15.7 Å². The molecule has 0 saturated carbocycles. The molecule has 2 amide bonds. The molecule has 1 aliphatic carbocycles. The monoisotopic (exact) mass is 538 g/mol. The number of hydrogen-bond acceptors (Lipinski definition) is 5. The van der Waals surface area contributed by atoms with Crippen LogP contribution in [-0.2, 0) is 9.53 Å². The second-order valence-corrected chi connectivity index (χ2v) is 9.02. The molecule has 9 heteroatoms. The molecule has 0 aliphatic heterocycles. The molecule has 1 unspecified atom stereocenters. The molecule has 4 rings (SSSR count). The first-order valence-corrected chi connectivity index (χ1v) is 11.7. The van der Waals surface area contributed by atoms with E-state index in [1.807, 2.05) is 36.4 Å². The largest absolute Gasteiger partial charge is 0.479 e. The Hall–Kier alpha value is -3.69. The second-order valence-electron chi connectivity index (χ2n) is 8.16. The van der Waals surface area contributed by atoms with E-state index in [9.17, 15) is 19.5 Å². The van der Waals surface area contributed by atoms with E-state index in [4.69, 9.17) is 9.84 Å². The number of aliphatic hydroxyl groups excluding tert-OH is 1. The Balaban J connectivity index is 1.45. The highest BCUT2D eigenvalue weighted by atomic mass is 79.9. The number of benzene rings is 3. The number of aryl methyl sites for hydroxylation is 1. The van der Waals surface area contributed by atoms with Gasteiger partial charge in [0, 0.05) is 16.1 Å². The van der Waals surface area contributed by atoms with E-state index in [2.05, 4.69) is 38.7 Å². The molecule has 8 nitrogen and oxygen atoms in total. The Bertz CT molecular complexity index is 1260. The number of amides is 2. The van der Waals surface area contributed by atoms with Gasteiger partial charge in [-0.1, -0.05) is 48.5 Å². The molecule has 3 aromatic carbocycles. The fourth-order valence-electron chi connectivity index (χ4n) is 4.10. The maximum Gasteiger partial charge on any atom is 0.411 e. The quantitative estimate of drug-likeness (QED) is 0.355. The van der Waals surface area contributed by atoms with Crippen molar-refractivity contribution in [1.82, 2.24) is 5.32 Å². The molecule has 1 aliphatic rings. The first kappa shape index (κ1) is 24.4. The van der Waals surface area contributed by atoms with Gasteiger partial charge in [-0.25, -0.2) is 9.59 Å². The average Bonchev–Trinajstić information content (AvgIpc) is 3.16. The van der Waals surface area contributed by atoms with Crippen LogP contribution in [-0.4, -0.2) is 47.4 Å². The second kappa shape index (κ2) is 10.3. The molecule has 3 aromatic rings. The molecular weight excluding hydrogens is 516 g/mol. The van der Waals surface area contributed by atoms with E-state index in [1.165, 1.54) is 6.07 Å². The number of rotatable bonds is 7. The Kier molecular flexibility index (Phi) is 7.18. The van der Waals surface area contributed by atoms with Crippen LogP contribution in [0.5, 0.6) is 0 Å². The minimum Gasteiger partial charge on any atom is -0.479 e. The van der Waals surface area contributed by atoms with Crippen molar-refractivity contribution >= 4 is 39.6 Å². The number of carbonyl (C=O) groups is 3. The smallest absolute Gasteiger partial charge is 0.411 e. The van der Waals surface area contributed by atoms with Crippen LogP contribution in [0.3, 0.4) is 0 Å². The Morgan fingerprint density at radius 1 is 1.03 bits per heavy atom. The minimum atomic E-state index is -1.72. The van der Waals surface area contributed by atoms with E-state index in [1.54, 1.807) is 13.0 Å². The number of fused-ring (bicyclic) bond motifs is 3. The Labute approximate surface area is 210 Å². The molecular formula is C26H23BrN2O6. The summed E-state index contributed by atoms with van der Waals surface area (Å²) in [4.78, 5) is 35.9. The van der Waals surface area contributed by atoms with Gasteiger partial charge >= 0.3 is 12.1 Å². The number of carboxylic acids is 1. The molecule has 0 saturated heterocycles. The van der Waals surface area contributed by atoms with Gasteiger partial charge in [0.15, 0.2) is 6.10 Å². The lowest BCUT2D eigenvalue weighted by atomic mass is 9.98. The fraction of sp³-hybridized carbons (Fsp3) is 0.192. The first-order valence-electron chi connectivity index (χ1n) is 10.9. The highest BCUT2D eigenvalue weighted by molar-refractivity contribution is 9.10. The highest BCUT2D eigenvalue weighted by Crippen LogP contribution is 2.44. The van der Waals surface area contributed by atoms with Gasteiger partial charge in [0.25, 0.3) is 5.91 Å². The number of carboxylic acid groups (broad SMARTS) is 1. The molecule has 1 atom stereocenters. The van der Waals surface area contributed by atoms with Crippen molar-refractivity contribution in [3.63, 3.8) is 0 Å². The predicted octanol–water partition coefficient (Wildman–Crippen LogP) is 4.29. The molecule has 0 spiro atoms. The number of nitrogens with one attached hydrogen (secondary N) is 2. The van der Waals surface area contributed by atoms with Crippen LogP contribution < -0.4 is 10.6 Å². The van der Waals surface area contributed by atoms with Crippen LogP contribution in [0, 0.1) is 6.92 Å². The van der Waals surface area contributed by atoms with Crippen LogP contribution in [0.4, 0.5) is 10.5 Å². The summed E-state index contributed by atoms with van der Waals surface area (Å²) in [6.45, 7) is 1.46.